The van der Waals surface area contributed by atoms with Gasteiger partial charge < -0.3 is 17.7 Å². The molecule has 0 spiro atoms. The first kappa shape index (κ1) is 21.2. The van der Waals surface area contributed by atoms with E-state index in [-0.39, 0.29) is 35.9 Å². The standard InChI is InChI=1S/C8H16OSi.CH3.Ag.HNO3/c1-10(2)6-4-3-5-8(9)7-10;;;2-1(3)4/h3,5,8-9H,4,6-7H2,1-2H3;1H3;;(H,2,3,4)/q;-1;+1;/t8-;;;/m0.../s1. The molecule has 2 N–H and O–H groups in total. The van der Waals surface area contributed by atoms with E-state index in [9.17, 15) is 5.11 Å². The van der Waals surface area contributed by atoms with Crippen LogP contribution in [0.1, 0.15) is 6.42 Å². The van der Waals surface area contributed by atoms with E-state index in [1.54, 1.807) is 0 Å². The molecule has 0 aromatic rings. The van der Waals surface area contributed by atoms with Crippen LogP contribution in [0.5, 0.6) is 0 Å². The molecule has 1 heterocycles. The second kappa shape index (κ2) is 10.0. The van der Waals surface area contributed by atoms with Crippen molar-refractivity contribution in [2.45, 2.75) is 37.7 Å². The fourth-order valence-electron chi connectivity index (χ4n) is 1.46. The Kier molecular flexibility index (Phi) is 13.3. The van der Waals surface area contributed by atoms with Gasteiger partial charge in [0.1, 0.15) is 0 Å². The molecule has 1 atom stereocenters. The van der Waals surface area contributed by atoms with Crippen LogP contribution in [0.4, 0.5) is 0 Å². The third kappa shape index (κ3) is 13.9. The smallest absolute Gasteiger partial charge is 0.389 e. The number of hydrogen-bond donors (Lipinski definition) is 2. The first-order valence-corrected chi connectivity index (χ1v) is 7.93. The van der Waals surface area contributed by atoms with Gasteiger partial charge in [0.2, 0.25) is 0 Å². The zero-order chi connectivity index (χ0) is 11.2. The molecule has 100 valence electrons. The van der Waals surface area contributed by atoms with Gasteiger partial charge in [0.15, 0.2) is 0 Å². The molecule has 16 heavy (non-hydrogen) atoms. The van der Waals surface area contributed by atoms with E-state index < -0.39 is 13.2 Å². The molecular formula is C9H20AgNO4Si. The number of hydrogen-bond acceptors (Lipinski definition) is 3. The molecule has 0 amide bonds. The van der Waals surface area contributed by atoms with Gasteiger partial charge in [-0.05, 0) is 12.5 Å². The summed E-state index contributed by atoms with van der Waals surface area (Å²) in [6, 6.07) is 2.38. The fourth-order valence-corrected chi connectivity index (χ4v) is 3.88. The summed E-state index contributed by atoms with van der Waals surface area (Å²) >= 11 is 0. The maximum atomic E-state index is 9.37. The van der Waals surface area contributed by atoms with Crippen LogP contribution in [0.3, 0.4) is 0 Å². The van der Waals surface area contributed by atoms with Crippen LogP contribution in [-0.2, 0) is 22.4 Å². The van der Waals surface area contributed by atoms with Crippen LogP contribution in [0.15, 0.2) is 12.2 Å². The summed E-state index contributed by atoms with van der Waals surface area (Å²) in [5, 5.41) is 23.0. The number of rotatable bonds is 0. The minimum Gasteiger partial charge on any atom is -0.389 e. The maximum absolute atomic E-state index is 9.37. The zero-order valence-corrected chi connectivity index (χ0v) is 12.3. The minimum atomic E-state index is -1.50. The third-order valence-electron chi connectivity index (χ3n) is 2.11. The summed E-state index contributed by atoms with van der Waals surface area (Å²) < 4.78 is 0. The second-order valence-electron chi connectivity index (χ2n) is 4.14. The Morgan fingerprint density at radius 3 is 2.38 bits per heavy atom. The fraction of sp³-hybridized carbons (Fsp3) is 0.667. The average molecular weight is 342 g/mol. The largest absolute Gasteiger partial charge is 1.00 e. The monoisotopic (exact) mass is 341 g/mol. The molecule has 1 rings (SSSR count). The van der Waals surface area contributed by atoms with Crippen LogP contribution in [-0.4, -0.2) is 29.6 Å². The van der Waals surface area contributed by atoms with Gasteiger partial charge in [-0.3, -0.25) is 0 Å². The van der Waals surface area contributed by atoms with Gasteiger partial charge in [0.05, 0.1) is 14.2 Å². The van der Waals surface area contributed by atoms with Gasteiger partial charge in [0.25, 0.3) is 5.09 Å². The summed E-state index contributed by atoms with van der Waals surface area (Å²) in [5.74, 6) is 0. The Labute approximate surface area is 113 Å². The predicted octanol–water partition coefficient (Wildman–Crippen LogP) is 2.12. The summed E-state index contributed by atoms with van der Waals surface area (Å²) in [5.41, 5.74) is 0. The average Bonchev–Trinajstić information content (AvgIpc) is 2.08. The number of aliphatic hydroxyl groups is 1. The van der Waals surface area contributed by atoms with Crippen molar-refractivity contribution in [1.29, 1.82) is 0 Å². The Bertz CT molecular complexity index is 220. The zero-order valence-electron chi connectivity index (χ0n) is 9.81. The molecule has 7 heteroatoms. The van der Waals surface area contributed by atoms with Crippen molar-refractivity contribution >= 4 is 8.07 Å². The van der Waals surface area contributed by atoms with Crippen molar-refractivity contribution in [1.82, 2.24) is 0 Å². The first-order chi connectivity index (χ1) is 6.33. The van der Waals surface area contributed by atoms with Crippen LogP contribution < -0.4 is 0 Å². The Morgan fingerprint density at radius 1 is 1.50 bits per heavy atom. The van der Waals surface area contributed by atoms with Crippen molar-refractivity contribution in [3.8, 4) is 0 Å². The maximum Gasteiger partial charge on any atom is 1.00 e. The van der Waals surface area contributed by atoms with E-state index in [4.69, 9.17) is 15.3 Å². The van der Waals surface area contributed by atoms with Crippen molar-refractivity contribution in [3.05, 3.63) is 29.7 Å². The van der Waals surface area contributed by atoms with Gasteiger partial charge >= 0.3 is 22.4 Å². The van der Waals surface area contributed by atoms with E-state index in [1.165, 1.54) is 12.5 Å². The van der Waals surface area contributed by atoms with Crippen LogP contribution >= 0.6 is 0 Å². The molecule has 0 bridgehead atoms. The molecule has 0 aromatic carbocycles. The van der Waals surface area contributed by atoms with Crippen molar-refractivity contribution in [2.24, 2.45) is 0 Å². The van der Waals surface area contributed by atoms with E-state index in [1.807, 2.05) is 6.08 Å². The molecule has 5 nitrogen and oxygen atoms in total. The molecule has 0 saturated carbocycles. The third-order valence-corrected chi connectivity index (χ3v) is 5.27. The van der Waals surface area contributed by atoms with E-state index >= 15 is 0 Å². The van der Waals surface area contributed by atoms with Crippen molar-refractivity contribution in [2.75, 3.05) is 0 Å². The quantitative estimate of drug-likeness (QED) is 0.232. The van der Waals surface area contributed by atoms with Gasteiger partial charge in [-0.25, -0.2) is 0 Å². The Morgan fingerprint density at radius 2 is 1.94 bits per heavy atom. The first-order valence-electron chi connectivity index (χ1n) is 4.51. The van der Waals surface area contributed by atoms with Gasteiger partial charge in [-0.1, -0.05) is 31.3 Å². The van der Waals surface area contributed by atoms with E-state index in [0.717, 1.165) is 6.04 Å². The summed E-state index contributed by atoms with van der Waals surface area (Å²) in [6.45, 7) is 4.70. The van der Waals surface area contributed by atoms with E-state index in [0.29, 0.717) is 0 Å². The molecule has 1 aliphatic rings. The van der Waals surface area contributed by atoms with Crippen LogP contribution in [0.25, 0.3) is 0 Å². The molecule has 0 aliphatic carbocycles. The van der Waals surface area contributed by atoms with Crippen LogP contribution in [0.2, 0.25) is 25.2 Å². The van der Waals surface area contributed by atoms with Gasteiger partial charge in [-0.15, -0.1) is 10.1 Å². The molecule has 0 fully saturated rings. The second-order valence-corrected chi connectivity index (χ2v) is 9.38. The van der Waals surface area contributed by atoms with Crippen LogP contribution in [0, 0.1) is 17.5 Å². The number of aliphatic hydroxyl groups excluding tert-OH is 1. The molecule has 0 saturated heterocycles. The Balaban J connectivity index is -0.000000249. The topological polar surface area (TPSA) is 83.6 Å². The predicted molar refractivity (Wildman–Crippen MR) is 62.1 cm³/mol. The minimum absolute atomic E-state index is 0. The van der Waals surface area contributed by atoms with Crippen molar-refractivity contribution < 1.29 is 37.8 Å². The van der Waals surface area contributed by atoms with Gasteiger partial charge in [0, 0.05) is 0 Å². The van der Waals surface area contributed by atoms with Crippen molar-refractivity contribution in [3.63, 3.8) is 0 Å². The SMILES string of the molecule is C[Si]1(C)CCC=C[C@H](O)C1.O=[N+]([O-])O.[Ag+].[CH3-]. The molecule has 0 unspecified atom stereocenters. The normalized spacial score (nSPS) is 21.3. The molecule has 1 aliphatic heterocycles. The van der Waals surface area contributed by atoms with Gasteiger partial charge in [-0.2, -0.15) is 0 Å². The summed E-state index contributed by atoms with van der Waals surface area (Å²) in [6.07, 6.45) is 5.09. The molecular weight excluding hydrogens is 322 g/mol. The number of nitrogens with zero attached hydrogens (tertiary/aromatic N) is 1. The van der Waals surface area contributed by atoms with E-state index in [2.05, 4.69) is 19.2 Å². The number of allylic oxidation sites excluding steroid dienone is 1. The summed E-state index contributed by atoms with van der Waals surface area (Å²) in [7, 11) is -1.02. The molecule has 0 radical (unpaired) electrons. The summed E-state index contributed by atoms with van der Waals surface area (Å²) in [4.78, 5) is 8.36. The Hall–Kier alpha value is -0.143. The molecule has 0 aromatic heterocycles.